The average Bonchev–Trinajstić information content (AvgIpc) is 3.27. The number of anilines is 1. The molecule has 0 radical (unpaired) electrons. The van der Waals surface area contributed by atoms with Crippen LogP contribution in [0.3, 0.4) is 0 Å². The Bertz CT molecular complexity index is 846. The number of amides is 1. The Kier molecular flexibility index (Phi) is 3.68. The molecule has 1 amide bonds. The fraction of sp³-hybridized carbons (Fsp3) is 0.474. The lowest BCUT2D eigenvalue weighted by Crippen LogP contribution is -2.61. The Morgan fingerprint density at radius 2 is 2.12 bits per heavy atom. The number of methoxy groups -OCH3 is 1. The van der Waals surface area contributed by atoms with E-state index in [-0.39, 0.29) is 11.7 Å². The van der Waals surface area contributed by atoms with E-state index in [0.29, 0.717) is 18.3 Å². The minimum Gasteiger partial charge on any atom is -0.481 e. The van der Waals surface area contributed by atoms with Gasteiger partial charge >= 0.3 is 6.09 Å². The lowest BCUT2D eigenvalue weighted by atomic mass is 9.75. The second-order valence-corrected chi connectivity index (χ2v) is 8.33. The smallest absolute Gasteiger partial charge is 0.415 e. The molecule has 26 heavy (non-hydrogen) atoms. The molecule has 6 nitrogen and oxygen atoms in total. The van der Waals surface area contributed by atoms with Gasteiger partial charge in [0.1, 0.15) is 10.6 Å². The van der Waals surface area contributed by atoms with Gasteiger partial charge in [-0.2, -0.15) is 0 Å². The van der Waals surface area contributed by atoms with E-state index in [0.717, 1.165) is 47.9 Å². The molecule has 4 saturated heterocycles. The van der Waals surface area contributed by atoms with Crippen LogP contribution in [-0.4, -0.2) is 54.9 Å². The van der Waals surface area contributed by atoms with Gasteiger partial charge in [0, 0.05) is 23.5 Å². The van der Waals surface area contributed by atoms with Crippen molar-refractivity contribution in [3.05, 3.63) is 30.5 Å². The number of nitrogens with zero attached hydrogens (tertiary/aromatic N) is 3. The zero-order valence-corrected chi connectivity index (χ0v) is 15.5. The number of aromatic nitrogens is 1. The molecule has 136 valence electrons. The Morgan fingerprint density at radius 3 is 2.85 bits per heavy atom. The zero-order chi connectivity index (χ0) is 17.7. The summed E-state index contributed by atoms with van der Waals surface area (Å²) >= 11 is 1.58. The SMILES string of the molecule is COc1ncccc1-c1ccc(N2C[C@@]3(CN4CCC3CC4)OC2=O)s1. The fourth-order valence-electron chi connectivity index (χ4n) is 4.54. The molecule has 4 aliphatic rings. The molecule has 4 aliphatic heterocycles. The summed E-state index contributed by atoms with van der Waals surface area (Å²) in [6, 6.07) is 7.89. The van der Waals surface area contributed by atoms with E-state index in [4.69, 9.17) is 9.47 Å². The first-order valence-electron chi connectivity index (χ1n) is 9.01. The predicted molar refractivity (Wildman–Crippen MR) is 99.8 cm³/mol. The summed E-state index contributed by atoms with van der Waals surface area (Å²) in [4.78, 5) is 22.2. The minimum absolute atomic E-state index is 0.217. The number of hydrogen-bond acceptors (Lipinski definition) is 6. The molecule has 6 heterocycles. The second-order valence-electron chi connectivity index (χ2n) is 7.27. The third kappa shape index (κ3) is 2.41. The minimum atomic E-state index is -0.330. The first-order valence-corrected chi connectivity index (χ1v) is 9.82. The number of carbonyl (C=O) groups excluding carboxylic acids is 1. The number of hydrogen-bond donors (Lipinski definition) is 0. The lowest BCUT2D eigenvalue weighted by Gasteiger charge is -2.49. The van der Waals surface area contributed by atoms with Crippen LogP contribution in [0, 0.1) is 5.92 Å². The van der Waals surface area contributed by atoms with Crippen LogP contribution in [0.4, 0.5) is 9.80 Å². The predicted octanol–water partition coefficient (Wildman–Crippen LogP) is 3.24. The highest BCUT2D eigenvalue weighted by atomic mass is 32.1. The maximum atomic E-state index is 12.6. The lowest BCUT2D eigenvalue weighted by molar-refractivity contribution is -0.0881. The largest absolute Gasteiger partial charge is 0.481 e. The van der Waals surface area contributed by atoms with Crippen LogP contribution in [-0.2, 0) is 4.74 Å². The van der Waals surface area contributed by atoms with Gasteiger partial charge in [-0.15, -0.1) is 11.3 Å². The van der Waals surface area contributed by atoms with Gasteiger partial charge in [0.25, 0.3) is 0 Å². The number of pyridine rings is 1. The first kappa shape index (κ1) is 16.1. The number of rotatable bonds is 3. The first-order chi connectivity index (χ1) is 12.7. The van der Waals surface area contributed by atoms with Crippen molar-refractivity contribution < 1.29 is 14.3 Å². The van der Waals surface area contributed by atoms with E-state index in [9.17, 15) is 4.79 Å². The molecular formula is C19H21N3O3S. The molecule has 2 aromatic heterocycles. The quantitative estimate of drug-likeness (QED) is 0.829. The van der Waals surface area contributed by atoms with E-state index in [1.807, 2.05) is 24.3 Å². The zero-order valence-electron chi connectivity index (χ0n) is 14.7. The molecule has 1 atom stereocenters. The summed E-state index contributed by atoms with van der Waals surface area (Å²) in [5.74, 6) is 1.08. The summed E-state index contributed by atoms with van der Waals surface area (Å²) < 4.78 is 11.3. The van der Waals surface area contributed by atoms with Crippen LogP contribution in [0.2, 0.25) is 0 Å². The molecule has 6 rings (SSSR count). The summed E-state index contributed by atoms with van der Waals surface area (Å²) in [5, 5.41) is 0.921. The van der Waals surface area contributed by atoms with Crippen molar-refractivity contribution in [2.75, 3.05) is 38.2 Å². The van der Waals surface area contributed by atoms with Gasteiger partial charge in [0.05, 0.1) is 19.2 Å². The molecule has 7 heteroatoms. The summed E-state index contributed by atoms with van der Waals surface area (Å²) in [7, 11) is 1.62. The Hall–Kier alpha value is -2.12. The molecule has 0 unspecified atom stereocenters. The summed E-state index contributed by atoms with van der Waals surface area (Å²) in [5.41, 5.74) is 0.611. The summed E-state index contributed by atoms with van der Waals surface area (Å²) in [6.45, 7) is 3.79. The van der Waals surface area contributed by atoms with Crippen LogP contribution in [0.15, 0.2) is 30.5 Å². The molecule has 0 aromatic carbocycles. The average molecular weight is 371 g/mol. The van der Waals surface area contributed by atoms with E-state index in [2.05, 4.69) is 9.88 Å². The number of fused-ring (bicyclic) bond motifs is 2. The van der Waals surface area contributed by atoms with E-state index in [1.54, 1.807) is 29.5 Å². The van der Waals surface area contributed by atoms with Gasteiger partial charge < -0.3 is 9.47 Å². The van der Waals surface area contributed by atoms with E-state index >= 15 is 0 Å². The van der Waals surface area contributed by atoms with Crippen LogP contribution in [0.1, 0.15) is 12.8 Å². The van der Waals surface area contributed by atoms with Crippen molar-refractivity contribution in [3.8, 4) is 16.3 Å². The van der Waals surface area contributed by atoms with Crippen molar-refractivity contribution in [1.82, 2.24) is 9.88 Å². The van der Waals surface area contributed by atoms with Crippen LogP contribution >= 0.6 is 11.3 Å². The maximum Gasteiger partial charge on any atom is 0.415 e. The maximum absolute atomic E-state index is 12.6. The Balaban J connectivity index is 1.43. The molecular weight excluding hydrogens is 350 g/mol. The van der Waals surface area contributed by atoms with Crippen molar-refractivity contribution >= 4 is 22.4 Å². The van der Waals surface area contributed by atoms with E-state index in [1.165, 1.54) is 0 Å². The van der Waals surface area contributed by atoms with Crippen LogP contribution in [0.25, 0.3) is 10.4 Å². The topological polar surface area (TPSA) is 54.9 Å². The highest BCUT2D eigenvalue weighted by Crippen LogP contribution is 2.45. The second kappa shape index (κ2) is 5.96. The van der Waals surface area contributed by atoms with Crippen LogP contribution < -0.4 is 9.64 Å². The van der Waals surface area contributed by atoms with Gasteiger partial charge in [0.2, 0.25) is 5.88 Å². The van der Waals surface area contributed by atoms with Crippen molar-refractivity contribution in [3.63, 3.8) is 0 Å². The Morgan fingerprint density at radius 1 is 1.27 bits per heavy atom. The van der Waals surface area contributed by atoms with Crippen molar-refractivity contribution in [1.29, 1.82) is 0 Å². The number of thiophene rings is 1. The van der Waals surface area contributed by atoms with Gasteiger partial charge in [-0.05, 0) is 50.2 Å². The Labute approximate surface area is 156 Å². The normalized spacial score (nSPS) is 30.0. The molecule has 0 saturated carbocycles. The van der Waals surface area contributed by atoms with Crippen LogP contribution in [0.5, 0.6) is 5.88 Å². The van der Waals surface area contributed by atoms with E-state index < -0.39 is 0 Å². The highest BCUT2D eigenvalue weighted by molar-refractivity contribution is 7.19. The number of carbonyl (C=O) groups is 1. The van der Waals surface area contributed by atoms with Crippen molar-refractivity contribution in [2.24, 2.45) is 5.92 Å². The van der Waals surface area contributed by atoms with Gasteiger partial charge in [0.15, 0.2) is 0 Å². The van der Waals surface area contributed by atoms with Crippen molar-refractivity contribution in [2.45, 2.75) is 18.4 Å². The summed E-state index contributed by atoms with van der Waals surface area (Å²) in [6.07, 6.45) is 3.75. The molecule has 0 aliphatic carbocycles. The highest BCUT2D eigenvalue weighted by Gasteiger charge is 2.55. The number of piperidine rings is 3. The standard InChI is InChI=1S/C19H21N3O3S/c1-24-17-14(3-2-8-20-17)15-4-5-16(26-15)22-12-19(25-18(22)23)11-21-9-6-13(19)7-10-21/h2-5,8,13H,6-7,9-12H2,1H3/t19-/m1/s1. The van der Waals surface area contributed by atoms with Gasteiger partial charge in [-0.25, -0.2) is 9.78 Å². The fourth-order valence-corrected chi connectivity index (χ4v) is 5.55. The van der Waals surface area contributed by atoms with Gasteiger partial charge in [-0.3, -0.25) is 9.80 Å². The molecule has 1 spiro atoms. The molecule has 0 N–H and O–H groups in total. The molecule has 2 aromatic rings. The molecule has 4 fully saturated rings. The number of ether oxygens (including phenoxy) is 2. The third-order valence-electron chi connectivity index (χ3n) is 5.85. The molecule has 2 bridgehead atoms. The monoisotopic (exact) mass is 371 g/mol. The van der Waals surface area contributed by atoms with Gasteiger partial charge in [-0.1, -0.05) is 0 Å². The third-order valence-corrected chi connectivity index (χ3v) is 6.99.